The fourth-order valence-corrected chi connectivity index (χ4v) is 4.00. The van der Waals surface area contributed by atoms with Gasteiger partial charge in [0.25, 0.3) is 0 Å². The van der Waals surface area contributed by atoms with E-state index < -0.39 is 5.56 Å². The van der Waals surface area contributed by atoms with Crippen LogP contribution < -0.4 is 4.74 Å². The van der Waals surface area contributed by atoms with Gasteiger partial charge in [0.15, 0.2) is 0 Å². The van der Waals surface area contributed by atoms with E-state index in [2.05, 4.69) is 6.07 Å². The van der Waals surface area contributed by atoms with Gasteiger partial charge in [-0.1, -0.05) is 48.2 Å². The summed E-state index contributed by atoms with van der Waals surface area (Å²) in [6.45, 7) is 3.85. The van der Waals surface area contributed by atoms with Crippen LogP contribution in [0, 0.1) is 11.3 Å². The summed E-state index contributed by atoms with van der Waals surface area (Å²) in [6, 6.07) is 17.6. The molecule has 1 heterocycles. The molecule has 1 atom stereocenters. The molecule has 0 aromatic heterocycles. The highest BCUT2D eigenvalue weighted by Crippen LogP contribution is 2.40. The average Bonchev–Trinajstić information content (AvgIpc) is 3.07. The second kappa shape index (κ2) is 9.53. The van der Waals surface area contributed by atoms with Gasteiger partial charge in [-0.25, -0.2) is 0 Å². The largest absolute Gasteiger partial charge is 0.490 e. The Bertz CT molecular complexity index is 935. The lowest BCUT2D eigenvalue weighted by molar-refractivity contribution is -0.149. The van der Waals surface area contributed by atoms with E-state index in [-0.39, 0.29) is 12.1 Å². The molecule has 0 fully saturated rings. The molecule has 29 heavy (non-hydrogen) atoms. The van der Waals surface area contributed by atoms with Crippen LogP contribution in [0.5, 0.6) is 5.75 Å². The van der Waals surface area contributed by atoms with E-state index in [1.807, 2.05) is 80.5 Å². The maximum Gasteiger partial charge on any atom is 0.308 e. The molecule has 0 N–H and O–H groups in total. The molecule has 0 bridgehead atoms. The molecule has 0 saturated carbocycles. The molecule has 1 aliphatic heterocycles. The highest BCUT2D eigenvalue weighted by molar-refractivity contribution is 8.08. The van der Waals surface area contributed by atoms with Crippen LogP contribution in [0.2, 0.25) is 0 Å². The van der Waals surface area contributed by atoms with E-state index in [4.69, 9.17) is 9.47 Å². The zero-order valence-electron chi connectivity index (χ0n) is 16.8. The third kappa shape index (κ3) is 5.55. The molecule has 2 aromatic rings. The van der Waals surface area contributed by atoms with Crippen LogP contribution in [-0.2, 0) is 16.0 Å². The van der Waals surface area contributed by atoms with Gasteiger partial charge in [0, 0.05) is 24.6 Å². The van der Waals surface area contributed by atoms with Crippen LogP contribution in [-0.4, -0.2) is 29.6 Å². The van der Waals surface area contributed by atoms with Crippen LogP contribution in [0.3, 0.4) is 0 Å². The first kappa shape index (κ1) is 20.8. The molecule has 5 nitrogen and oxygen atoms in total. The van der Waals surface area contributed by atoms with Crippen molar-refractivity contribution in [3.63, 3.8) is 0 Å². The zero-order chi connectivity index (χ0) is 20.8. The minimum atomic E-state index is -0.412. The molecule has 0 aliphatic carbocycles. The zero-order valence-corrected chi connectivity index (χ0v) is 17.6. The van der Waals surface area contributed by atoms with E-state index >= 15 is 0 Å². The Morgan fingerprint density at radius 3 is 2.69 bits per heavy atom. The van der Waals surface area contributed by atoms with Crippen molar-refractivity contribution in [2.45, 2.75) is 38.4 Å². The number of aryl methyl sites for hydroxylation is 1. The smallest absolute Gasteiger partial charge is 0.308 e. The minimum Gasteiger partial charge on any atom is -0.490 e. The van der Waals surface area contributed by atoms with Gasteiger partial charge < -0.3 is 14.4 Å². The minimum absolute atomic E-state index is 0.00108. The second-order valence-corrected chi connectivity index (χ2v) is 8.13. The van der Waals surface area contributed by atoms with Crippen molar-refractivity contribution in [2.75, 3.05) is 7.05 Å². The van der Waals surface area contributed by atoms with Crippen molar-refractivity contribution in [2.24, 2.45) is 0 Å². The third-order valence-corrected chi connectivity index (χ3v) is 5.55. The molecule has 0 saturated heterocycles. The summed E-state index contributed by atoms with van der Waals surface area (Å²) in [5.74, 6) is 0.346. The van der Waals surface area contributed by atoms with Gasteiger partial charge in [-0.2, -0.15) is 5.26 Å². The molecule has 3 rings (SSSR count). The number of hydrogen-bond donors (Lipinski definition) is 0. The second-order valence-electron chi connectivity index (χ2n) is 7.05. The van der Waals surface area contributed by atoms with Crippen molar-refractivity contribution in [3.05, 3.63) is 71.4 Å². The number of rotatable bonds is 7. The maximum atomic E-state index is 12.3. The average molecular weight is 409 g/mol. The summed E-state index contributed by atoms with van der Waals surface area (Å²) >= 11 is 1.45. The molecule has 1 unspecified atom stereocenters. The highest BCUT2D eigenvalue weighted by atomic mass is 32.2. The number of thioether (sulfide) groups is 1. The highest BCUT2D eigenvalue weighted by Gasteiger charge is 2.27. The summed E-state index contributed by atoms with van der Waals surface area (Å²) in [7, 11) is 1.87. The first-order valence-electron chi connectivity index (χ1n) is 9.51. The van der Waals surface area contributed by atoms with Crippen LogP contribution in [0.15, 0.2) is 54.7 Å². The van der Waals surface area contributed by atoms with Gasteiger partial charge in [-0.3, -0.25) is 4.79 Å². The van der Waals surface area contributed by atoms with E-state index in [1.54, 1.807) is 0 Å². The Balaban J connectivity index is 1.60. The summed E-state index contributed by atoms with van der Waals surface area (Å²) in [5.41, 5.74) is 2.09. The van der Waals surface area contributed by atoms with Crippen molar-refractivity contribution in [3.8, 4) is 11.8 Å². The van der Waals surface area contributed by atoms with Crippen molar-refractivity contribution >= 4 is 22.6 Å². The van der Waals surface area contributed by atoms with E-state index in [0.717, 1.165) is 16.0 Å². The van der Waals surface area contributed by atoms with Crippen molar-refractivity contribution < 1.29 is 14.3 Å². The lowest BCUT2D eigenvalue weighted by atomic mass is 10.1. The Labute approximate surface area is 175 Å². The molecule has 0 amide bonds. The van der Waals surface area contributed by atoms with Gasteiger partial charge in [-0.05, 0) is 43.5 Å². The van der Waals surface area contributed by atoms with E-state index in [9.17, 15) is 10.1 Å². The molecule has 1 aliphatic rings. The predicted molar refractivity (Wildman–Crippen MR) is 115 cm³/mol. The van der Waals surface area contributed by atoms with E-state index in [1.165, 1.54) is 11.8 Å². The number of nitriles is 1. The molecule has 0 spiro atoms. The first-order valence-corrected chi connectivity index (χ1v) is 10.4. The number of benzene rings is 2. The molecular weight excluding hydrogens is 384 g/mol. The Kier molecular flexibility index (Phi) is 6.84. The number of nitrogens with zero attached hydrogens (tertiary/aromatic N) is 2. The summed E-state index contributed by atoms with van der Waals surface area (Å²) in [6.07, 6.45) is 2.92. The van der Waals surface area contributed by atoms with Crippen molar-refractivity contribution in [1.82, 2.24) is 4.90 Å². The van der Waals surface area contributed by atoms with Crippen LogP contribution in [0.25, 0.3) is 4.91 Å². The molecule has 2 aromatic carbocycles. The lowest BCUT2D eigenvalue weighted by Crippen LogP contribution is -2.26. The van der Waals surface area contributed by atoms with E-state index in [0.29, 0.717) is 24.2 Å². The number of carbonyl (C=O) groups excluding carboxylic acids is 1. The lowest BCUT2D eigenvalue weighted by Gasteiger charge is -2.19. The quantitative estimate of drug-likeness (QED) is 0.614. The maximum absolute atomic E-state index is 12.3. The first-order chi connectivity index (χ1) is 14.0. The molecule has 150 valence electrons. The summed E-state index contributed by atoms with van der Waals surface area (Å²) in [5, 5.41) is 9.44. The molecular formula is C23H24N2O3S. The Morgan fingerprint density at radius 1 is 1.24 bits per heavy atom. The van der Waals surface area contributed by atoms with Crippen LogP contribution in [0.4, 0.5) is 0 Å². The van der Waals surface area contributed by atoms with Gasteiger partial charge in [0.1, 0.15) is 11.8 Å². The number of ether oxygens (including phenoxy) is 2. The fourth-order valence-electron chi connectivity index (χ4n) is 2.91. The van der Waals surface area contributed by atoms with Crippen LogP contribution in [0.1, 0.15) is 37.0 Å². The Morgan fingerprint density at radius 2 is 2.00 bits per heavy atom. The van der Waals surface area contributed by atoms with Gasteiger partial charge in [-0.15, -0.1) is 0 Å². The Hall–Kier alpha value is -2.91. The molecule has 6 heteroatoms. The normalized spacial score (nSPS) is 15.8. The summed E-state index contributed by atoms with van der Waals surface area (Å²) in [4.78, 5) is 15.1. The van der Waals surface area contributed by atoms with Gasteiger partial charge in [0.05, 0.1) is 11.7 Å². The number of carbonyl (C=O) groups is 1. The van der Waals surface area contributed by atoms with Gasteiger partial charge >= 0.3 is 5.97 Å². The monoisotopic (exact) mass is 408 g/mol. The number of hydrogen-bond acceptors (Lipinski definition) is 6. The SMILES string of the molecule is CC(C)Oc1ccc(C2=CN(C)C(OC(=O)CCc3ccccc3)S2)cc1C#N. The fraction of sp³-hybridized carbons (Fsp3) is 0.304. The third-order valence-electron chi connectivity index (χ3n) is 4.32. The van der Waals surface area contributed by atoms with Crippen molar-refractivity contribution in [1.29, 1.82) is 5.26 Å². The predicted octanol–water partition coefficient (Wildman–Crippen LogP) is 4.78. The van der Waals surface area contributed by atoms with Gasteiger partial charge in [0.2, 0.25) is 5.56 Å². The topological polar surface area (TPSA) is 62.6 Å². The molecule has 0 radical (unpaired) electrons. The van der Waals surface area contributed by atoms with Crippen LogP contribution >= 0.6 is 11.8 Å². The standard InChI is InChI=1S/C23H24N2O3S/c1-16(2)27-20-11-10-18(13-19(20)14-24)21-15-25(3)23(29-21)28-22(26)12-9-17-7-5-4-6-8-17/h4-8,10-11,13,15-16,23H,9,12H2,1-3H3. The summed E-state index contributed by atoms with van der Waals surface area (Å²) < 4.78 is 11.3. The number of esters is 1.